The Morgan fingerprint density at radius 3 is 2.50 bits per heavy atom. The molecule has 0 bridgehead atoms. The Labute approximate surface area is 93.4 Å². The topological polar surface area (TPSA) is 52.9 Å². The van der Waals surface area contributed by atoms with E-state index in [4.69, 9.17) is 16.9 Å². The summed E-state index contributed by atoms with van der Waals surface area (Å²) in [5.41, 5.74) is -0.00185. The largest absolute Gasteiger partial charge is 0.471 e. The van der Waals surface area contributed by atoms with Crippen LogP contribution in [0, 0.1) is 11.3 Å². The van der Waals surface area contributed by atoms with Gasteiger partial charge in [0.05, 0.1) is 10.6 Å². The Bertz CT molecular complexity index is 465. The van der Waals surface area contributed by atoms with E-state index >= 15 is 0 Å². The fraction of sp³-hybridized carbons (Fsp3) is 0.111. The van der Waals surface area contributed by atoms with Gasteiger partial charge in [0.15, 0.2) is 0 Å². The molecular formula is C9H4ClF3N2O. The van der Waals surface area contributed by atoms with Crippen molar-refractivity contribution in [1.82, 2.24) is 0 Å². The van der Waals surface area contributed by atoms with Crippen molar-refractivity contribution in [2.45, 2.75) is 6.18 Å². The number of amides is 1. The average Bonchev–Trinajstić information content (AvgIpc) is 2.16. The lowest BCUT2D eigenvalue weighted by Crippen LogP contribution is -2.29. The molecule has 1 N–H and O–H groups in total. The summed E-state index contributed by atoms with van der Waals surface area (Å²) in [7, 11) is 0. The highest BCUT2D eigenvalue weighted by atomic mass is 35.5. The molecule has 0 heterocycles. The predicted molar refractivity (Wildman–Crippen MR) is 50.9 cm³/mol. The number of hydrogen-bond acceptors (Lipinski definition) is 2. The minimum Gasteiger partial charge on any atom is -0.318 e. The van der Waals surface area contributed by atoms with Crippen molar-refractivity contribution in [3.05, 3.63) is 28.8 Å². The number of nitrogens with zero attached hydrogens (tertiary/aromatic N) is 1. The maximum absolute atomic E-state index is 11.9. The van der Waals surface area contributed by atoms with Crippen LogP contribution in [0.15, 0.2) is 18.2 Å². The second kappa shape index (κ2) is 4.41. The zero-order valence-corrected chi connectivity index (χ0v) is 8.36. The van der Waals surface area contributed by atoms with Crippen LogP contribution in [-0.2, 0) is 4.79 Å². The summed E-state index contributed by atoms with van der Waals surface area (Å²) in [6, 6.07) is 5.19. The molecule has 0 aliphatic heterocycles. The van der Waals surface area contributed by atoms with E-state index in [1.54, 1.807) is 11.4 Å². The molecule has 1 rings (SSSR count). The Morgan fingerprint density at radius 1 is 1.44 bits per heavy atom. The first-order valence-corrected chi connectivity index (χ1v) is 4.30. The van der Waals surface area contributed by atoms with Gasteiger partial charge >= 0.3 is 12.1 Å². The molecule has 7 heteroatoms. The summed E-state index contributed by atoms with van der Waals surface area (Å²) < 4.78 is 35.7. The molecule has 84 valence electrons. The summed E-state index contributed by atoms with van der Waals surface area (Å²) >= 11 is 5.57. The van der Waals surface area contributed by atoms with E-state index in [1.807, 2.05) is 0 Å². The van der Waals surface area contributed by atoms with Crippen LogP contribution in [-0.4, -0.2) is 12.1 Å². The highest BCUT2D eigenvalue weighted by Crippen LogP contribution is 2.22. The van der Waals surface area contributed by atoms with Crippen molar-refractivity contribution in [3.8, 4) is 6.07 Å². The number of benzene rings is 1. The van der Waals surface area contributed by atoms with Gasteiger partial charge in [0, 0.05) is 5.69 Å². The first kappa shape index (κ1) is 12.3. The van der Waals surface area contributed by atoms with Crippen LogP contribution in [0.5, 0.6) is 0 Å². The highest BCUT2D eigenvalue weighted by Gasteiger charge is 2.38. The average molecular weight is 249 g/mol. The van der Waals surface area contributed by atoms with Gasteiger partial charge < -0.3 is 5.32 Å². The minimum atomic E-state index is -4.96. The maximum Gasteiger partial charge on any atom is 0.471 e. The molecule has 0 aliphatic rings. The molecule has 0 unspecified atom stereocenters. The quantitative estimate of drug-likeness (QED) is 0.831. The molecular weight excluding hydrogens is 245 g/mol. The summed E-state index contributed by atoms with van der Waals surface area (Å²) in [6.45, 7) is 0. The van der Waals surface area contributed by atoms with Gasteiger partial charge in [-0.3, -0.25) is 4.79 Å². The van der Waals surface area contributed by atoms with E-state index in [0.29, 0.717) is 0 Å². The number of anilines is 1. The molecule has 0 saturated carbocycles. The fourth-order valence-electron chi connectivity index (χ4n) is 0.885. The van der Waals surface area contributed by atoms with Gasteiger partial charge in [-0.2, -0.15) is 18.4 Å². The van der Waals surface area contributed by atoms with Crippen LogP contribution in [0.25, 0.3) is 0 Å². The molecule has 1 aromatic rings. The third-order valence-electron chi connectivity index (χ3n) is 1.60. The number of hydrogen-bond donors (Lipinski definition) is 1. The lowest BCUT2D eigenvalue weighted by atomic mass is 10.2. The second-order valence-electron chi connectivity index (χ2n) is 2.76. The van der Waals surface area contributed by atoms with Crippen LogP contribution in [0.1, 0.15) is 5.56 Å². The van der Waals surface area contributed by atoms with E-state index in [0.717, 1.165) is 12.1 Å². The molecule has 0 saturated heterocycles. The van der Waals surface area contributed by atoms with Gasteiger partial charge in [-0.25, -0.2) is 0 Å². The lowest BCUT2D eigenvalue weighted by Gasteiger charge is -2.08. The highest BCUT2D eigenvalue weighted by molar-refractivity contribution is 6.32. The van der Waals surface area contributed by atoms with Crippen molar-refractivity contribution in [1.29, 1.82) is 5.26 Å². The van der Waals surface area contributed by atoms with Gasteiger partial charge in [0.1, 0.15) is 6.07 Å². The molecule has 3 nitrogen and oxygen atoms in total. The van der Waals surface area contributed by atoms with E-state index in [-0.39, 0.29) is 16.3 Å². The molecule has 0 aliphatic carbocycles. The third kappa shape index (κ3) is 2.87. The van der Waals surface area contributed by atoms with E-state index in [2.05, 4.69) is 0 Å². The number of carbonyl (C=O) groups is 1. The van der Waals surface area contributed by atoms with E-state index in [1.165, 1.54) is 6.07 Å². The SMILES string of the molecule is N#Cc1ccc(NC(=O)C(F)(F)F)cc1Cl. The van der Waals surface area contributed by atoms with Gasteiger partial charge in [-0.1, -0.05) is 11.6 Å². The summed E-state index contributed by atoms with van der Waals surface area (Å²) in [5.74, 6) is -2.09. The van der Waals surface area contributed by atoms with Crippen LogP contribution in [0.4, 0.5) is 18.9 Å². The Morgan fingerprint density at radius 2 is 2.06 bits per heavy atom. The summed E-state index contributed by atoms with van der Waals surface area (Å²) in [5, 5.41) is 10.1. The molecule has 1 amide bonds. The number of alkyl halides is 3. The molecule has 16 heavy (non-hydrogen) atoms. The van der Waals surface area contributed by atoms with Crippen molar-refractivity contribution in [2.75, 3.05) is 5.32 Å². The zero-order valence-electron chi connectivity index (χ0n) is 7.60. The molecule has 0 fully saturated rings. The van der Waals surface area contributed by atoms with Crippen LogP contribution >= 0.6 is 11.6 Å². The number of nitrogens with one attached hydrogen (secondary N) is 1. The lowest BCUT2D eigenvalue weighted by molar-refractivity contribution is -0.167. The number of nitriles is 1. The fourth-order valence-corrected chi connectivity index (χ4v) is 1.11. The van der Waals surface area contributed by atoms with Gasteiger partial charge in [-0.15, -0.1) is 0 Å². The molecule has 0 spiro atoms. The van der Waals surface area contributed by atoms with Gasteiger partial charge in [0.25, 0.3) is 0 Å². The Hall–Kier alpha value is -1.74. The summed E-state index contributed by atoms with van der Waals surface area (Å²) in [4.78, 5) is 10.6. The number of carbonyl (C=O) groups excluding carboxylic acids is 1. The molecule has 0 aromatic heterocycles. The van der Waals surface area contributed by atoms with Gasteiger partial charge in [-0.05, 0) is 18.2 Å². The van der Waals surface area contributed by atoms with Crippen molar-refractivity contribution in [2.24, 2.45) is 0 Å². The monoisotopic (exact) mass is 248 g/mol. The first-order chi connectivity index (χ1) is 7.34. The minimum absolute atomic E-state index is 0.0255. The maximum atomic E-state index is 11.9. The first-order valence-electron chi connectivity index (χ1n) is 3.92. The second-order valence-corrected chi connectivity index (χ2v) is 3.17. The number of rotatable bonds is 1. The van der Waals surface area contributed by atoms with E-state index in [9.17, 15) is 18.0 Å². The van der Waals surface area contributed by atoms with Crippen molar-refractivity contribution in [3.63, 3.8) is 0 Å². The van der Waals surface area contributed by atoms with Crippen LogP contribution in [0.2, 0.25) is 5.02 Å². The molecule has 1 aromatic carbocycles. The van der Waals surface area contributed by atoms with E-state index < -0.39 is 12.1 Å². The Balaban J connectivity index is 2.89. The standard InChI is InChI=1S/C9H4ClF3N2O/c10-7-3-6(2-1-5(7)4-14)15-8(16)9(11,12)13/h1-3H,(H,15,16). The van der Waals surface area contributed by atoms with Crippen LogP contribution < -0.4 is 5.32 Å². The normalized spacial score (nSPS) is 10.7. The molecule has 0 radical (unpaired) electrons. The molecule has 0 atom stereocenters. The predicted octanol–water partition coefficient (Wildman–Crippen LogP) is 2.71. The van der Waals surface area contributed by atoms with Crippen molar-refractivity contribution >= 4 is 23.2 Å². The van der Waals surface area contributed by atoms with Crippen LogP contribution in [0.3, 0.4) is 0 Å². The van der Waals surface area contributed by atoms with Gasteiger partial charge in [0.2, 0.25) is 0 Å². The van der Waals surface area contributed by atoms with Crippen molar-refractivity contribution < 1.29 is 18.0 Å². The zero-order chi connectivity index (χ0) is 12.3. The number of halogens is 4. The summed E-state index contributed by atoms with van der Waals surface area (Å²) in [6.07, 6.45) is -4.96. The Kier molecular flexibility index (Phi) is 3.40. The third-order valence-corrected chi connectivity index (χ3v) is 1.92. The smallest absolute Gasteiger partial charge is 0.318 e.